The molecule has 0 radical (unpaired) electrons. The van der Waals surface area contributed by atoms with Crippen LogP contribution < -0.4 is 10.2 Å². The number of halogens is 1. The molecule has 3 nitrogen and oxygen atoms in total. The zero-order chi connectivity index (χ0) is 12.1. The molecule has 0 bridgehead atoms. The van der Waals surface area contributed by atoms with Crippen molar-refractivity contribution < 1.29 is 0 Å². The highest BCUT2D eigenvalue weighted by molar-refractivity contribution is 7.22. The summed E-state index contributed by atoms with van der Waals surface area (Å²) in [4.78, 5) is 7.17. The molecule has 0 saturated carbocycles. The zero-order valence-electron chi connectivity index (χ0n) is 9.90. The van der Waals surface area contributed by atoms with Gasteiger partial charge >= 0.3 is 0 Å². The number of nitrogens with one attached hydrogen (secondary N) is 1. The molecule has 0 amide bonds. The molecule has 94 valence electrons. The predicted octanol–water partition coefficient (Wildman–Crippen LogP) is 2.61. The van der Waals surface area contributed by atoms with Gasteiger partial charge in [-0.2, -0.15) is 0 Å². The Hall–Kier alpha value is -0.840. The second-order valence-electron chi connectivity index (χ2n) is 5.19. The molecular weight excluding hydrogens is 266 g/mol. The number of fused-ring (bicyclic) bond motifs is 2. The topological polar surface area (TPSA) is 28.2 Å². The Labute approximate surface area is 115 Å². The fraction of sp³-hybridized carbons (Fsp3) is 0.462. The standard InChI is InChI=1S/C13H14ClN3S/c14-10-1-2-11-12(3-10)18-13(16-11)17-6-8-4-15-5-9(8)7-17/h1-3,8-9,15H,4-7H2. The molecule has 4 rings (SSSR count). The van der Waals surface area contributed by atoms with Crippen LogP contribution in [0.3, 0.4) is 0 Å². The lowest BCUT2D eigenvalue weighted by Crippen LogP contribution is -2.25. The second-order valence-corrected chi connectivity index (χ2v) is 6.64. The van der Waals surface area contributed by atoms with Crippen LogP contribution >= 0.6 is 22.9 Å². The van der Waals surface area contributed by atoms with Crippen molar-refractivity contribution in [2.24, 2.45) is 11.8 Å². The lowest BCUT2D eigenvalue weighted by Gasteiger charge is -2.15. The molecule has 2 aliphatic heterocycles. The minimum absolute atomic E-state index is 0.792. The quantitative estimate of drug-likeness (QED) is 0.870. The number of rotatable bonds is 1. The van der Waals surface area contributed by atoms with Gasteiger partial charge in [-0.3, -0.25) is 0 Å². The Balaban J connectivity index is 1.67. The van der Waals surface area contributed by atoms with E-state index in [1.807, 2.05) is 18.2 Å². The van der Waals surface area contributed by atoms with Gasteiger partial charge in [0.2, 0.25) is 0 Å². The maximum atomic E-state index is 6.02. The molecule has 2 aromatic rings. The smallest absolute Gasteiger partial charge is 0.186 e. The Morgan fingerprint density at radius 1 is 1.28 bits per heavy atom. The second kappa shape index (κ2) is 4.08. The molecule has 2 unspecified atom stereocenters. The maximum Gasteiger partial charge on any atom is 0.186 e. The van der Waals surface area contributed by atoms with Crippen molar-refractivity contribution in [3.05, 3.63) is 23.2 Å². The van der Waals surface area contributed by atoms with Crippen molar-refractivity contribution in [1.82, 2.24) is 10.3 Å². The van der Waals surface area contributed by atoms with Crippen LogP contribution in [0.1, 0.15) is 0 Å². The summed E-state index contributed by atoms with van der Waals surface area (Å²) in [5.74, 6) is 1.61. The third-order valence-electron chi connectivity index (χ3n) is 4.00. The number of aromatic nitrogens is 1. The number of anilines is 1. The minimum atomic E-state index is 0.792. The van der Waals surface area contributed by atoms with Crippen molar-refractivity contribution in [1.29, 1.82) is 0 Å². The van der Waals surface area contributed by atoms with Crippen LogP contribution in [0.15, 0.2) is 18.2 Å². The highest BCUT2D eigenvalue weighted by atomic mass is 35.5. The van der Waals surface area contributed by atoms with Crippen molar-refractivity contribution >= 4 is 38.3 Å². The first-order valence-corrected chi connectivity index (χ1v) is 7.51. The minimum Gasteiger partial charge on any atom is -0.347 e. The van der Waals surface area contributed by atoms with Gasteiger partial charge in [-0.05, 0) is 30.0 Å². The summed E-state index contributed by atoms with van der Waals surface area (Å²) in [6.07, 6.45) is 0. The highest BCUT2D eigenvalue weighted by Crippen LogP contribution is 2.35. The van der Waals surface area contributed by atoms with E-state index < -0.39 is 0 Å². The number of benzene rings is 1. The molecule has 0 spiro atoms. The third-order valence-corrected chi connectivity index (χ3v) is 5.31. The van der Waals surface area contributed by atoms with Crippen molar-refractivity contribution in [3.8, 4) is 0 Å². The first kappa shape index (κ1) is 11.0. The normalized spacial score (nSPS) is 27.1. The van der Waals surface area contributed by atoms with Crippen molar-refractivity contribution in [2.45, 2.75) is 0 Å². The van der Waals surface area contributed by atoms with E-state index >= 15 is 0 Å². The van der Waals surface area contributed by atoms with Gasteiger partial charge in [-0.1, -0.05) is 22.9 Å². The summed E-state index contributed by atoms with van der Waals surface area (Å²) < 4.78 is 1.19. The lowest BCUT2D eigenvalue weighted by atomic mass is 10.0. The van der Waals surface area contributed by atoms with E-state index in [0.29, 0.717) is 0 Å². The van der Waals surface area contributed by atoms with E-state index in [-0.39, 0.29) is 0 Å². The SMILES string of the molecule is Clc1ccc2nc(N3CC4CNCC4C3)sc2c1. The van der Waals surface area contributed by atoms with Crippen molar-refractivity contribution in [2.75, 3.05) is 31.1 Å². The Bertz CT molecular complexity index is 585. The van der Waals surface area contributed by atoms with E-state index in [1.165, 1.54) is 4.70 Å². The van der Waals surface area contributed by atoms with Gasteiger partial charge in [0.05, 0.1) is 10.2 Å². The summed E-state index contributed by atoms with van der Waals surface area (Å²) in [5.41, 5.74) is 1.06. The Kier molecular flexibility index (Phi) is 2.50. The summed E-state index contributed by atoms with van der Waals surface area (Å²) >= 11 is 7.78. The van der Waals surface area contributed by atoms with Crippen LogP contribution in [0, 0.1) is 11.8 Å². The van der Waals surface area contributed by atoms with E-state index in [2.05, 4.69) is 10.2 Å². The molecule has 3 heterocycles. The summed E-state index contributed by atoms with van der Waals surface area (Å²) in [7, 11) is 0. The van der Waals surface area contributed by atoms with Gasteiger partial charge in [-0.25, -0.2) is 4.98 Å². The number of thiazole rings is 1. The number of hydrogen-bond acceptors (Lipinski definition) is 4. The van der Waals surface area contributed by atoms with Crippen LogP contribution in [0.4, 0.5) is 5.13 Å². The van der Waals surface area contributed by atoms with Gasteiger partial charge in [0.1, 0.15) is 0 Å². The molecule has 5 heteroatoms. The average Bonchev–Trinajstić information content (AvgIpc) is 2.99. The lowest BCUT2D eigenvalue weighted by molar-refractivity contribution is 0.533. The molecular formula is C13H14ClN3S. The van der Waals surface area contributed by atoms with Gasteiger partial charge in [0, 0.05) is 31.2 Å². The fourth-order valence-electron chi connectivity index (χ4n) is 3.03. The molecule has 2 saturated heterocycles. The summed E-state index contributed by atoms with van der Waals surface area (Å²) in [6, 6.07) is 5.93. The Morgan fingerprint density at radius 3 is 2.83 bits per heavy atom. The molecule has 18 heavy (non-hydrogen) atoms. The van der Waals surface area contributed by atoms with Crippen LogP contribution in [0.25, 0.3) is 10.2 Å². The largest absolute Gasteiger partial charge is 0.347 e. The van der Waals surface area contributed by atoms with Gasteiger partial charge in [-0.15, -0.1) is 0 Å². The van der Waals surface area contributed by atoms with Crippen LogP contribution in [0.5, 0.6) is 0 Å². The van der Waals surface area contributed by atoms with Crippen molar-refractivity contribution in [3.63, 3.8) is 0 Å². The van der Waals surface area contributed by atoms with Crippen LogP contribution in [-0.4, -0.2) is 31.2 Å². The Morgan fingerprint density at radius 2 is 2.06 bits per heavy atom. The fourth-order valence-corrected chi connectivity index (χ4v) is 4.29. The van der Waals surface area contributed by atoms with Gasteiger partial charge < -0.3 is 10.2 Å². The molecule has 1 aromatic carbocycles. The molecule has 2 aliphatic rings. The van der Waals surface area contributed by atoms with E-state index in [9.17, 15) is 0 Å². The number of hydrogen-bond donors (Lipinski definition) is 1. The number of nitrogens with zero attached hydrogens (tertiary/aromatic N) is 2. The first-order valence-electron chi connectivity index (χ1n) is 6.31. The van der Waals surface area contributed by atoms with E-state index in [4.69, 9.17) is 16.6 Å². The molecule has 2 atom stereocenters. The predicted molar refractivity (Wildman–Crippen MR) is 76.7 cm³/mol. The monoisotopic (exact) mass is 279 g/mol. The summed E-state index contributed by atoms with van der Waals surface area (Å²) in [5, 5.41) is 5.42. The highest BCUT2D eigenvalue weighted by Gasteiger charge is 2.37. The maximum absolute atomic E-state index is 6.02. The molecule has 1 aromatic heterocycles. The average molecular weight is 280 g/mol. The molecule has 1 N–H and O–H groups in total. The van der Waals surface area contributed by atoms with Gasteiger partial charge in [0.25, 0.3) is 0 Å². The summed E-state index contributed by atoms with van der Waals surface area (Å²) in [6.45, 7) is 4.62. The van der Waals surface area contributed by atoms with Gasteiger partial charge in [0.15, 0.2) is 5.13 Å². The van der Waals surface area contributed by atoms with Crippen LogP contribution in [-0.2, 0) is 0 Å². The third kappa shape index (κ3) is 1.71. The zero-order valence-corrected chi connectivity index (χ0v) is 11.5. The van der Waals surface area contributed by atoms with Crippen LogP contribution in [0.2, 0.25) is 5.02 Å². The van der Waals surface area contributed by atoms with E-state index in [1.54, 1.807) is 11.3 Å². The first-order chi connectivity index (χ1) is 8.79. The molecule has 0 aliphatic carbocycles. The molecule has 2 fully saturated rings. The van der Waals surface area contributed by atoms with E-state index in [0.717, 1.165) is 53.7 Å².